The van der Waals surface area contributed by atoms with E-state index in [9.17, 15) is 22.8 Å². The van der Waals surface area contributed by atoms with Gasteiger partial charge in [0.1, 0.15) is 10.7 Å². The summed E-state index contributed by atoms with van der Waals surface area (Å²) in [5.74, 6) is -1.31. The summed E-state index contributed by atoms with van der Waals surface area (Å²) in [4.78, 5) is 35.4. The number of aromatic nitrogens is 3. The Balaban J connectivity index is 2.10. The lowest BCUT2D eigenvalue weighted by Crippen LogP contribution is -2.28. The quantitative estimate of drug-likeness (QED) is 0.727. The number of nitrogens with one attached hydrogen (secondary N) is 2. The van der Waals surface area contributed by atoms with Crippen LogP contribution >= 0.6 is 11.6 Å². The van der Waals surface area contributed by atoms with E-state index in [4.69, 9.17) is 11.6 Å². The number of amides is 2. The smallest absolute Gasteiger partial charge is 0.422 e. The van der Waals surface area contributed by atoms with Crippen molar-refractivity contribution in [2.45, 2.75) is 33.0 Å². The van der Waals surface area contributed by atoms with Crippen LogP contribution in [0.1, 0.15) is 41.6 Å². The Bertz CT molecular complexity index is 924. The monoisotopic (exact) mass is 431 g/mol. The molecule has 29 heavy (non-hydrogen) atoms. The van der Waals surface area contributed by atoms with Gasteiger partial charge in [0.2, 0.25) is 17.7 Å². The molecule has 0 saturated carbocycles. The van der Waals surface area contributed by atoms with Crippen molar-refractivity contribution >= 4 is 29.4 Å². The van der Waals surface area contributed by atoms with Gasteiger partial charge in [0.25, 0.3) is 5.91 Å². The fourth-order valence-electron chi connectivity index (χ4n) is 2.19. The van der Waals surface area contributed by atoms with Gasteiger partial charge in [0, 0.05) is 18.8 Å². The Labute approximate surface area is 168 Å². The number of carbonyl (C=O) groups is 2. The Morgan fingerprint density at radius 3 is 2.55 bits per heavy atom. The van der Waals surface area contributed by atoms with Crippen molar-refractivity contribution in [2.75, 3.05) is 11.9 Å². The molecule has 2 aromatic heterocycles. The zero-order valence-electron chi connectivity index (χ0n) is 15.6. The lowest BCUT2D eigenvalue weighted by atomic mass is 10.1. The van der Waals surface area contributed by atoms with Crippen molar-refractivity contribution in [3.05, 3.63) is 40.3 Å². The Hall–Kier alpha value is -2.95. The number of hydrogen-bond donors (Lipinski definition) is 2. The maximum absolute atomic E-state index is 12.5. The van der Waals surface area contributed by atoms with E-state index in [0.717, 1.165) is 0 Å². The number of aryl methyl sites for hydroxylation is 1. The molecule has 2 N–H and O–H groups in total. The third kappa shape index (κ3) is 6.86. The van der Waals surface area contributed by atoms with E-state index in [1.165, 1.54) is 25.3 Å². The standard InChI is InChI=1S/C17H17ClF3N5O3/c1-8-4-13(26-16(23-8)25-10(3)27)14(28)24-9(2)11-5-12(18)15(22-6-11)29-7-17(19,20)21/h4-6,9H,7H2,1-3H3,(H,24,28)(H,23,25,26,27). The predicted molar refractivity (Wildman–Crippen MR) is 97.8 cm³/mol. The second kappa shape index (κ2) is 9.03. The van der Waals surface area contributed by atoms with Gasteiger partial charge < -0.3 is 10.1 Å². The van der Waals surface area contributed by atoms with Gasteiger partial charge in [-0.25, -0.2) is 15.0 Å². The van der Waals surface area contributed by atoms with E-state index < -0.39 is 24.7 Å². The fourth-order valence-corrected chi connectivity index (χ4v) is 2.41. The van der Waals surface area contributed by atoms with E-state index in [2.05, 4.69) is 30.3 Å². The molecule has 8 nitrogen and oxygen atoms in total. The summed E-state index contributed by atoms with van der Waals surface area (Å²) in [6, 6.07) is 2.19. The number of rotatable bonds is 6. The van der Waals surface area contributed by atoms with E-state index >= 15 is 0 Å². The zero-order valence-corrected chi connectivity index (χ0v) is 16.4. The number of halogens is 4. The molecule has 0 aliphatic heterocycles. The summed E-state index contributed by atoms with van der Waals surface area (Å²) in [5.41, 5.74) is 0.935. The van der Waals surface area contributed by atoms with E-state index in [-0.39, 0.29) is 28.5 Å². The highest BCUT2D eigenvalue weighted by molar-refractivity contribution is 6.31. The summed E-state index contributed by atoms with van der Waals surface area (Å²) in [5, 5.41) is 4.94. The van der Waals surface area contributed by atoms with Crippen LogP contribution < -0.4 is 15.4 Å². The molecule has 0 fully saturated rings. The summed E-state index contributed by atoms with van der Waals surface area (Å²) in [7, 11) is 0. The zero-order chi connectivity index (χ0) is 21.8. The Morgan fingerprint density at radius 1 is 1.28 bits per heavy atom. The van der Waals surface area contributed by atoms with Crippen molar-refractivity contribution in [1.82, 2.24) is 20.3 Å². The number of pyridine rings is 1. The molecule has 2 rings (SSSR count). The molecule has 0 radical (unpaired) electrons. The minimum Gasteiger partial charge on any atom is -0.467 e. The molecular formula is C17H17ClF3N5O3. The second-order valence-corrected chi connectivity index (χ2v) is 6.46. The lowest BCUT2D eigenvalue weighted by molar-refractivity contribution is -0.154. The Morgan fingerprint density at radius 2 is 1.97 bits per heavy atom. The molecule has 0 aliphatic carbocycles. The number of alkyl halides is 3. The lowest BCUT2D eigenvalue weighted by Gasteiger charge is -2.16. The molecule has 1 unspecified atom stereocenters. The van der Waals surface area contributed by atoms with Crippen molar-refractivity contribution < 1.29 is 27.5 Å². The SMILES string of the molecule is CC(=O)Nc1nc(C)cc(C(=O)NC(C)c2cnc(OCC(F)(F)F)c(Cl)c2)n1. The largest absolute Gasteiger partial charge is 0.467 e. The first-order chi connectivity index (χ1) is 13.4. The maximum Gasteiger partial charge on any atom is 0.422 e. The molecule has 0 aromatic carbocycles. The number of nitrogens with zero attached hydrogens (tertiary/aromatic N) is 3. The molecule has 0 spiro atoms. The average molecular weight is 432 g/mol. The van der Waals surface area contributed by atoms with Crippen molar-refractivity contribution in [2.24, 2.45) is 0 Å². The van der Waals surface area contributed by atoms with Crippen LogP contribution in [0, 0.1) is 6.92 Å². The van der Waals surface area contributed by atoms with Gasteiger partial charge in [-0.05, 0) is 31.5 Å². The molecule has 2 heterocycles. The number of ether oxygens (including phenoxy) is 1. The molecular weight excluding hydrogens is 415 g/mol. The van der Waals surface area contributed by atoms with Crippen molar-refractivity contribution in [1.29, 1.82) is 0 Å². The van der Waals surface area contributed by atoms with Crippen LogP contribution in [0.25, 0.3) is 0 Å². The molecule has 0 bridgehead atoms. The van der Waals surface area contributed by atoms with Crippen LogP contribution in [0.3, 0.4) is 0 Å². The first-order valence-electron chi connectivity index (χ1n) is 8.23. The summed E-state index contributed by atoms with van der Waals surface area (Å²) < 4.78 is 41.2. The molecule has 0 saturated heterocycles. The summed E-state index contributed by atoms with van der Waals surface area (Å²) in [6.07, 6.45) is -3.27. The van der Waals surface area contributed by atoms with Gasteiger partial charge in [0.05, 0.1) is 6.04 Å². The number of carbonyl (C=O) groups excluding carboxylic acids is 2. The van der Waals surface area contributed by atoms with Crippen LogP contribution in [-0.4, -0.2) is 39.5 Å². The summed E-state index contributed by atoms with van der Waals surface area (Å²) >= 11 is 5.92. The van der Waals surface area contributed by atoms with E-state index in [0.29, 0.717) is 11.3 Å². The number of anilines is 1. The minimum atomic E-state index is -4.52. The Kier molecular flexibility index (Phi) is 6.96. The highest BCUT2D eigenvalue weighted by Gasteiger charge is 2.29. The van der Waals surface area contributed by atoms with Crippen LogP contribution in [0.4, 0.5) is 19.1 Å². The molecule has 1 atom stereocenters. The van der Waals surface area contributed by atoms with Gasteiger partial charge >= 0.3 is 6.18 Å². The third-order valence-electron chi connectivity index (χ3n) is 3.42. The van der Waals surface area contributed by atoms with Crippen LogP contribution in [-0.2, 0) is 4.79 Å². The minimum absolute atomic E-state index is 0.00817. The van der Waals surface area contributed by atoms with Crippen molar-refractivity contribution in [3.63, 3.8) is 0 Å². The van der Waals surface area contributed by atoms with E-state index in [1.54, 1.807) is 13.8 Å². The molecule has 156 valence electrons. The van der Waals surface area contributed by atoms with Gasteiger partial charge in [0.15, 0.2) is 6.61 Å². The van der Waals surface area contributed by atoms with Crippen LogP contribution in [0.15, 0.2) is 18.3 Å². The molecule has 0 aliphatic rings. The van der Waals surface area contributed by atoms with Crippen molar-refractivity contribution in [3.8, 4) is 5.88 Å². The normalized spacial score (nSPS) is 12.2. The molecule has 12 heteroatoms. The summed E-state index contributed by atoms with van der Waals surface area (Å²) in [6.45, 7) is 3.03. The first-order valence-corrected chi connectivity index (χ1v) is 8.61. The van der Waals surface area contributed by atoms with Gasteiger partial charge in [-0.1, -0.05) is 11.6 Å². The van der Waals surface area contributed by atoms with E-state index in [1.807, 2.05) is 0 Å². The van der Waals surface area contributed by atoms with Gasteiger partial charge in [-0.15, -0.1) is 0 Å². The third-order valence-corrected chi connectivity index (χ3v) is 3.69. The molecule has 2 amide bonds. The topological polar surface area (TPSA) is 106 Å². The number of hydrogen-bond acceptors (Lipinski definition) is 6. The van der Waals surface area contributed by atoms with Gasteiger partial charge in [-0.2, -0.15) is 13.2 Å². The maximum atomic E-state index is 12.5. The highest BCUT2D eigenvalue weighted by atomic mass is 35.5. The van der Waals surface area contributed by atoms with Gasteiger partial charge in [-0.3, -0.25) is 14.9 Å². The fraction of sp³-hybridized carbons (Fsp3) is 0.353. The van der Waals surface area contributed by atoms with Crippen LogP contribution in [0.5, 0.6) is 5.88 Å². The highest BCUT2D eigenvalue weighted by Crippen LogP contribution is 2.27. The second-order valence-electron chi connectivity index (χ2n) is 6.05. The predicted octanol–water partition coefficient (Wildman–Crippen LogP) is 3.22. The molecule has 2 aromatic rings. The first kappa shape index (κ1) is 22.3. The van der Waals surface area contributed by atoms with Crippen LogP contribution in [0.2, 0.25) is 5.02 Å². The average Bonchev–Trinajstić information content (AvgIpc) is 2.58.